The predicted molar refractivity (Wildman–Crippen MR) is 93.8 cm³/mol. The summed E-state index contributed by atoms with van der Waals surface area (Å²) in [6.45, 7) is 16.2. The molecule has 20 heavy (non-hydrogen) atoms. The second-order valence-corrected chi connectivity index (χ2v) is 12.3. The Bertz CT molecular complexity index is 476. The van der Waals surface area contributed by atoms with Crippen LogP contribution in [0, 0.1) is 22.3 Å². The molecule has 0 heterocycles. The zero-order valence-electron chi connectivity index (χ0n) is 14.3. The lowest BCUT2D eigenvalue weighted by Crippen LogP contribution is -2.46. The molecule has 0 aromatic heterocycles. The van der Waals surface area contributed by atoms with Crippen LogP contribution in [0.15, 0.2) is 30.3 Å². The van der Waals surface area contributed by atoms with E-state index in [4.69, 9.17) is 0 Å². The highest BCUT2D eigenvalue weighted by Gasteiger charge is 2.32. The summed E-state index contributed by atoms with van der Waals surface area (Å²) in [5.41, 5.74) is 4.33. The van der Waals surface area contributed by atoms with E-state index in [0.29, 0.717) is 10.8 Å². The molecule has 1 rings (SSSR count). The van der Waals surface area contributed by atoms with Crippen LogP contribution >= 0.6 is 0 Å². The fraction of sp³-hybridized carbons (Fsp3) is 0.579. The molecule has 110 valence electrons. The molecule has 0 saturated heterocycles. The Morgan fingerprint density at radius 1 is 0.900 bits per heavy atom. The van der Waals surface area contributed by atoms with Crippen molar-refractivity contribution in [1.29, 1.82) is 0 Å². The molecular formula is C19H30Si. The Kier molecular flexibility index (Phi) is 5.27. The molecule has 0 fully saturated rings. The Labute approximate surface area is 127 Å². The second kappa shape index (κ2) is 6.18. The topological polar surface area (TPSA) is 0 Å². The van der Waals surface area contributed by atoms with E-state index in [0.717, 1.165) is 6.42 Å². The number of hydrogen-bond donors (Lipinski definition) is 0. The summed E-state index contributed by atoms with van der Waals surface area (Å²) in [6.07, 6.45) is 0.979. The maximum absolute atomic E-state index is 3.71. The molecule has 0 bridgehead atoms. The number of hydrogen-bond acceptors (Lipinski definition) is 0. The summed E-state index contributed by atoms with van der Waals surface area (Å²) >= 11 is 0. The van der Waals surface area contributed by atoms with Crippen molar-refractivity contribution in [3.8, 4) is 11.5 Å². The molecule has 1 atom stereocenters. The first kappa shape index (κ1) is 17.0. The van der Waals surface area contributed by atoms with Gasteiger partial charge in [-0.1, -0.05) is 78.4 Å². The number of rotatable bonds is 2. The van der Waals surface area contributed by atoms with Gasteiger partial charge in [0, 0.05) is 6.42 Å². The molecule has 0 saturated carbocycles. The van der Waals surface area contributed by atoms with E-state index in [-0.39, 0.29) is 0 Å². The largest absolute Gasteiger partial charge is 0.166 e. The summed E-state index contributed by atoms with van der Waals surface area (Å²) in [4.78, 5) is 0. The fourth-order valence-electron chi connectivity index (χ4n) is 2.59. The predicted octanol–water partition coefficient (Wildman–Crippen LogP) is 5.00. The van der Waals surface area contributed by atoms with E-state index in [2.05, 4.69) is 89.9 Å². The van der Waals surface area contributed by atoms with Crippen molar-refractivity contribution in [2.24, 2.45) is 10.8 Å². The van der Waals surface area contributed by atoms with Crippen LogP contribution < -0.4 is 5.19 Å². The molecule has 1 unspecified atom stereocenters. The first-order valence-electron chi connectivity index (χ1n) is 7.57. The van der Waals surface area contributed by atoms with Crippen molar-refractivity contribution in [2.45, 2.75) is 60.6 Å². The Morgan fingerprint density at radius 2 is 1.45 bits per heavy atom. The molecule has 0 nitrogen and oxygen atoms in total. The quantitative estimate of drug-likeness (QED) is 0.530. The smallest absolute Gasteiger partial charge is 0.126 e. The highest BCUT2D eigenvalue weighted by atomic mass is 28.3. The first-order chi connectivity index (χ1) is 9.02. The van der Waals surface area contributed by atoms with Crippen LogP contribution in [-0.2, 0) is 0 Å². The minimum absolute atomic E-state index is 0.292. The summed E-state index contributed by atoms with van der Waals surface area (Å²) in [5, 5.41) is 1.47. The normalized spacial score (nSPS) is 15.2. The SMILES string of the molecule is CC(C)(C)CC#C[Si](C)(CC(C)(C)C)c1ccccc1. The van der Waals surface area contributed by atoms with Gasteiger partial charge < -0.3 is 0 Å². The van der Waals surface area contributed by atoms with E-state index < -0.39 is 8.07 Å². The van der Waals surface area contributed by atoms with Gasteiger partial charge in [0.25, 0.3) is 0 Å². The Hall–Kier alpha value is -1.00. The van der Waals surface area contributed by atoms with Crippen LogP contribution in [0.3, 0.4) is 0 Å². The second-order valence-electron chi connectivity index (χ2n) is 8.47. The Balaban J connectivity index is 3.09. The average Bonchev–Trinajstić information content (AvgIpc) is 2.26. The van der Waals surface area contributed by atoms with Gasteiger partial charge in [-0.25, -0.2) is 0 Å². The molecule has 0 spiro atoms. The fourth-order valence-corrected chi connectivity index (χ4v) is 6.55. The van der Waals surface area contributed by atoms with Crippen LogP contribution in [-0.4, -0.2) is 8.07 Å². The van der Waals surface area contributed by atoms with Gasteiger partial charge in [0.05, 0.1) is 0 Å². The van der Waals surface area contributed by atoms with Crippen LogP contribution in [0.1, 0.15) is 48.0 Å². The monoisotopic (exact) mass is 286 g/mol. The average molecular weight is 287 g/mol. The van der Waals surface area contributed by atoms with Crippen molar-refractivity contribution in [1.82, 2.24) is 0 Å². The van der Waals surface area contributed by atoms with Crippen molar-refractivity contribution in [3.05, 3.63) is 30.3 Å². The van der Waals surface area contributed by atoms with E-state index >= 15 is 0 Å². The maximum Gasteiger partial charge on any atom is 0.166 e. The third-order valence-corrected chi connectivity index (χ3v) is 7.38. The molecular weight excluding hydrogens is 256 g/mol. The molecule has 0 aliphatic rings. The van der Waals surface area contributed by atoms with E-state index in [9.17, 15) is 0 Å². The van der Waals surface area contributed by atoms with Gasteiger partial charge in [-0.3, -0.25) is 0 Å². The van der Waals surface area contributed by atoms with Crippen LogP contribution in [0.25, 0.3) is 0 Å². The van der Waals surface area contributed by atoms with Crippen LogP contribution in [0.4, 0.5) is 0 Å². The van der Waals surface area contributed by atoms with Gasteiger partial charge in [-0.15, -0.1) is 11.5 Å². The molecule has 0 aliphatic heterocycles. The molecule has 0 aliphatic carbocycles. The maximum atomic E-state index is 3.71. The summed E-state index contributed by atoms with van der Waals surface area (Å²) in [5.74, 6) is 3.50. The molecule has 1 heteroatoms. The third-order valence-electron chi connectivity index (χ3n) is 3.28. The summed E-state index contributed by atoms with van der Waals surface area (Å²) in [6, 6.07) is 12.1. The number of benzene rings is 1. The van der Waals surface area contributed by atoms with Crippen molar-refractivity contribution in [3.63, 3.8) is 0 Å². The summed E-state index contributed by atoms with van der Waals surface area (Å²) < 4.78 is 0. The van der Waals surface area contributed by atoms with Crippen LogP contribution in [0.2, 0.25) is 12.6 Å². The molecule has 0 amide bonds. The lowest BCUT2D eigenvalue weighted by atomic mass is 9.93. The first-order valence-corrected chi connectivity index (χ1v) is 10.3. The van der Waals surface area contributed by atoms with Gasteiger partial charge in [-0.2, -0.15) is 0 Å². The van der Waals surface area contributed by atoms with Gasteiger partial charge in [-0.05, 0) is 22.1 Å². The highest BCUT2D eigenvalue weighted by Crippen LogP contribution is 2.27. The van der Waals surface area contributed by atoms with Gasteiger partial charge in [0.2, 0.25) is 0 Å². The van der Waals surface area contributed by atoms with E-state index in [1.807, 2.05) is 0 Å². The Morgan fingerprint density at radius 3 is 1.90 bits per heavy atom. The molecule has 0 radical (unpaired) electrons. The summed E-state index contributed by atoms with van der Waals surface area (Å²) in [7, 11) is -1.72. The van der Waals surface area contributed by atoms with Crippen molar-refractivity contribution < 1.29 is 0 Å². The van der Waals surface area contributed by atoms with Crippen molar-refractivity contribution >= 4 is 13.3 Å². The van der Waals surface area contributed by atoms with Gasteiger partial charge in [0.15, 0.2) is 8.07 Å². The highest BCUT2D eigenvalue weighted by molar-refractivity contribution is 6.97. The van der Waals surface area contributed by atoms with E-state index in [1.165, 1.54) is 11.2 Å². The molecule has 0 N–H and O–H groups in total. The lowest BCUT2D eigenvalue weighted by Gasteiger charge is -2.30. The van der Waals surface area contributed by atoms with Gasteiger partial charge >= 0.3 is 0 Å². The van der Waals surface area contributed by atoms with E-state index in [1.54, 1.807) is 0 Å². The molecule has 1 aromatic rings. The zero-order valence-corrected chi connectivity index (χ0v) is 15.3. The van der Waals surface area contributed by atoms with Crippen LogP contribution in [0.5, 0.6) is 0 Å². The minimum Gasteiger partial charge on any atom is -0.126 e. The molecule has 1 aromatic carbocycles. The van der Waals surface area contributed by atoms with Gasteiger partial charge in [0.1, 0.15) is 0 Å². The zero-order chi connectivity index (χ0) is 15.4. The lowest BCUT2D eigenvalue weighted by molar-refractivity contribution is 0.428. The minimum atomic E-state index is -1.72. The van der Waals surface area contributed by atoms with Crippen molar-refractivity contribution in [2.75, 3.05) is 0 Å². The third kappa shape index (κ3) is 5.97. The standard InChI is InChI=1S/C19H30Si/c1-18(2,3)14-11-15-20(7,16-19(4,5)6)17-12-9-8-10-13-17/h8-10,12-13H,14,16H2,1-7H3.